The van der Waals surface area contributed by atoms with Crippen LogP contribution in [0.1, 0.15) is 26.7 Å². The molecule has 1 aromatic carbocycles. The van der Waals surface area contributed by atoms with Gasteiger partial charge in [0, 0.05) is 0 Å². The van der Waals surface area contributed by atoms with Gasteiger partial charge in [-0.3, -0.25) is 0 Å². The summed E-state index contributed by atoms with van der Waals surface area (Å²) in [5, 5.41) is 3.41. The number of fused-ring (bicyclic) bond motifs is 1. The van der Waals surface area contributed by atoms with Crippen LogP contribution < -0.4 is 9.78 Å². The van der Waals surface area contributed by atoms with Crippen LogP contribution in [0, 0.1) is 0 Å². The van der Waals surface area contributed by atoms with Crippen LogP contribution in [0.25, 0.3) is 0 Å². The number of benzene rings is 1. The molecule has 2 aliphatic rings. The van der Waals surface area contributed by atoms with Crippen LogP contribution in [0.15, 0.2) is 30.3 Å². The van der Waals surface area contributed by atoms with Crippen molar-refractivity contribution in [2.75, 3.05) is 0 Å². The molecule has 0 aliphatic carbocycles. The Kier molecular flexibility index (Phi) is 3.14. The van der Waals surface area contributed by atoms with Crippen molar-refractivity contribution in [1.29, 1.82) is 0 Å². The maximum atomic E-state index is 12.1. The van der Waals surface area contributed by atoms with Crippen molar-refractivity contribution in [1.82, 2.24) is 10.2 Å². The first-order valence-electron chi connectivity index (χ1n) is 6.79. The molecule has 3 amide bonds. The van der Waals surface area contributed by atoms with Gasteiger partial charge < -0.3 is 0 Å². The van der Waals surface area contributed by atoms with Gasteiger partial charge in [0.2, 0.25) is 0 Å². The van der Waals surface area contributed by atoms with Gasteiger partial charge in [0.1, 0.15) is 0 Å². The fourth-order valence-electron chi connectivity index (χ4n) is 3.20. The molecule has 2 atom stereocenters. The molecule has 0 aromatic heterocycles. The van der Waals surface area contributed by atoms with Crippen molar-refractivity contribution < 1.29 is 9.59 Å². The Morgan fingerprint density at radius 3 is 2.60 bits per heavy atom. The van der Waals surface area contributed by atoms with Gasteiger partial charge in [0.05, 0.1) is 0 Å². The number of hydrogen-bond acceptors (Lipinski definition) is 2. The molecule has 0 radical (unpaired) electrons. The molecule has 0 bridgehead atoms. The van der Waals surface area contributed by atoms with E-state index >= 15 is 0 Å². The van der Waals surface area contributed by atoms with Gasteiger partial charge in [-0.25, -0.2) is 0 Å². The first-order valence-corrected chi connectivity index (χ1v) is 8.86. The monoisotopic (exact) mass is 338 g/mol. The van der Waals surface area contributed by atoms with Gasteiger partial charge in [-0.15, -0.1) is 0 Å². The molecule has 0 saturated carbocycles. The van der Waals surface area contributed by atoms with Crippen molar-refractivity contribution in [2.24, 2.45) is 0 Å². The van der Waals surface area contributed by atoms with E-state index in [1.807, 2.05) is 25.1 Å². The summed E-state index contributed by atoms with van der Waals surface area (Å²) in [6, 6.07) is 10.1. The maximum absolute atomic E-state index is 12.1. The minimum absolute atomic E-state index is 0.140. The van der Waals surface area contributed by atoms with E-state index in [2.05, 4.69) is 24.4 Å². The zero-order valence-corrected chi connectivity index (χ0v) is 13.4. The Morgan fingerprint density at radius 2 is 1.90 bits per heavy atom. The summed E-state index contributed by atoms with van der Waals surface area (Å²) >= 11 is 0.313. The molecule has 4 nitrogen and oxygen atoms in total. The summed E-state index contributed by atoms with van der Waals surface area (Å²) in [6.45, 7) is 4.00. The van der Waals surface area contributed by atoms with Crippen LogP contribution in [0.4, 0.5) is 4.79 Å². The number of carbonyl (C=O) groups is 2. The molecule has 2 heterocycles. The molecule has 20 heavy (non-hydrogen) atoms. The van der Waals surface area contributed by atoms with E-state index < -0.39 is 5.54 Å². The van der Waals surface area contributed by atoms with E-state index in [1.54, 1.807) is 4.90 Å². The topological polar surface area (TPSA) is 49.4 Å². The van der Waals surface area contributed by atoms with E-state index in [4.69, 9.17) is 0 Å². The van der Waals surface area contributed by atoms with Crippen LogP contribution in [0.2, 0.25) is 5.32 Å². The second kappa shape index (κ2) is 4.61. The Bertz CT molecular complexity index is 562. The molecule has 2 fully saturated rings. The fraction of sp³-hybridized carbons (Fsp3) is 0.467. The van der Waals surface area contributed by atoms with Gasteiger partial charge in [0.15, 0.2) is 0 Å². The molecule has 1 aromatic rings. The SMILES string of the molecule is C[C@@]1(C[Se]c2ccccc2)CC[C@@]2(C)C(=O)NC(=O)N12. The van der Waals surface area contributed by atoms with Gasteiger partial charge in [-0.05, 0) is 0 Å². The number of nitrogens with zero attached hydrogens (tertiary/aromatic N) is 1. The van der Waals surface area contributed by atoms with E-state index in [0.717, 1.165) is 18.2 Å². The third-order valence-corrected chi connectivity index (χ3v) is 7.27. The van der Waals surface area contributed by atoms with Crippen LogP contribution in [0.5, 0.6) is 0 Å². The summed E-state index contributed by atoms with van der Waals surface area (Å²) in [6.07, 6.45) is 1.66. The third kappa shape index (κ3) is 1.97. The molecule has 1 N–H and O–H groups in total. The second-order valence-corrected chi connectivity index (χ2v) is 8.17. The Labute approximate surface area is 125 Å². The van der Waals surface area contributed by atoms with Crippen LogP contribution in [0.3, 0.4) is 0 Å². The number of hydrogen-bond donors (Lipinski definition) is 1. The number of urea groups is 1. The zero-order valence-electron chi connectivity index (χ0n) is 11.7. The molecular weight excluding hydrogens is 319 g/mol. The molecule has 0 unspecified atom stereocenters. The number of rotatable bonds is 3. The molecule has 2 aliphatic heterocycles. The Balaban J connectivity index is 1.79. The summed E-state index contributed by atoms with van der Waals surface area (Å²) in [5.74, 6) is -0.140. The molecule has 5 heteroatoms. The quantitative estimate of drug-likeness (QED) is 0.668. The first kappa shape index (κ1) is 13.7. The summed E-state index contributed by atoms with van der Waals surface area (Å²) < 4.78 is 1.33. The first-order chi connectivity index (χ1) is 9.46. The van der Waals surface area contributed by atoms with Gasteiger partial charge >= 0.3 is 125 Å². The van der Waals surface area contributed by atoms with Gasteiger partial charge in [-0.2, -0.15) is 0 Å². The van der Waals surface area contributed by atoms with E-state index in [0.29, 0.717) is 15.0 Å². The number of nitrogens with one attached hydrogen (secondary N) is 1. The number of carbonyl (C=O) groups excluding carboxylic acids is 2. The van der Waals surface area contributed by atoms with Gasteiger partial charge in [-0.1, -0.05) is 0 Å². The van der Waals surface area contributed by atoms with Crippen LogP contribution in [-0.4, -0.2) is 42.9 Å². The van der Waals surface area contributed by atoms with Gasteiger partial charge in [0.25, 0.3) is 0 Å². The van der Waals surface area contributed by atoms with Crippen LogP contribution in [-0.2, 0) is 4.79 Å². The zero-order chi connectivity index (χ0) is 14.4. The summed E-state index contributed by atoms with van der Waals surface area (Å²) in [7, 11) is 0. The summed E-state index contributed by atoms with van der Waals surface area (Å²) in [4.78, 5) is 25.9. The van der Waals surface area contributed by atoms with Crippen molar-refractivity contribution in [3.63, 3.8) is 0 Å². The van der Waals surface area contributed by atoms with Crippen molar-refractivity contribution in [3.8, 4) is 0 Å². The van der Waals surface area contributed by atoms with E-state index in [9.17, 15) is 9.59 Å². The van der Waals surface area contributed by atoms with Crippen molar-refractivity contribution >= 4 is 31.4 Å². The standard InChI is InChI=1S/C15H18N2O2Se/c1-14(10-20-11-6-4-3-5-7-11)8-9-15(2)12(18)16-13(19)17(14)15/h3-7H,8-10H2,1-2H3,(H,16,18,19)/t14-,15-/m0/s1. The minimum atomic E-state index is -0.640. The van der Waals surface area contributed by atoms with E-state index in [-0.39, 0.29) is 17.5 Å². The molecular formula is C15H18N2O2Se. The number of amides is 3. The number of imide groups is 1. The average molecular weight is 337 g/mol. The molecule has 2 saturated heterocycles. The van der Waals surface area contributed by atoms with Crippen molar-refractivity contribution in [3.05, 3.63) is 30.3 Å². The Morgan fingerprint density at radius 1 is 1.20 bits per heavy atom. The normalized spacial score (nSPS) is 32.4. The predicted molar refractivity (Wildman–Crippen MR) is 78.1 cm³/mol. The van der Waals surface area contributed by atoms with E-state index in [1.165, 1.54) is 4.46 Å². The second-order valence-electron chi connectivity index (χ2n) is 5.97. The predicted octanol–water partition coefficient (Wildman–Crippen LogP) is 1.30. The Hall–Kier alpha value is -1.32. The summed E-state index contributed by atoms with van der Waals surface area (Å²) in [5.41, 5.74) is -0.848. The molecule has 3 rings (SSSR count). The fourth-order valence-corrected chi connectivity index (χ4v) is 5.51. The molecule has 106 valence electrons. The van der Waals surface area contributed by atoms with Crippen LogP contribution >= 0.6 is 0 Å². The third-order valence-electron chi connectivity index (χ3n) is 4.39. The molecule has 0 spiro atoms. The van der Waals surface area contributed by atoms with Crippen molar-refractivity contribution in [2.45, 2.75) is 43.1 Å². The average Bonchev–Trinajstić information content (AvgIpc) is 2.84.